The summed E-state index contributed by atoms with van der Waals surface area (Å²) in [6.07, 6.45) is 94.4. The number of carbonyl (C=O) groups is 1. The van der Waals surface area contributed by atoms with E-state index in [4.69, 9.17) is 9.47 Å². The molecule has 0 aliphatic carbocycles. The highest BCUT2D eigenvalue weighted by Crippen LogP contribution is 2.24. The largest absolute Gasteiger partial charge is 0.394 e. The fourth-order valence-electron chi connectivity index (χ4n) is 12.9. The number of amides is 1. The summed E-state index contributed by atoms with van der Waals surface area (Å²) in [5.74, 6) is -0.136. The quantitative estimate of drug-likeness (QED) is 0.0261. The van der Waals surface area contributed by atoms with Crippen molar-refractivity contribution in [3.05, 3.63) is 72.9 Å². The highest BCUT2D eigenvalue weighted by molar-refractivity contribution is 5.76. The van der Waals surface area contributed by atoms with Crippen LogP contribution < -0.4 is 5.32 Å². The molecule has 92 heavy (non-hydrogen) atoms. The maximum atomic E-state index is 13.2. The highest BCUT2D eigenvalue weighted by Gasteiger charge is 2.44. The van der Waals surface area contributed by atoms with Gasteiger partial charge in [-0.25, -0.2) is 0 Å². The first-order chi connectivity index (χ1) is 45.3. The van der Waals surface area contributed by atoms with Crippen molar-refractivity contribution in [2.24, 2.45) is 0 Å². The number of hydrogen-bond acceptors (Lipinski definition) is 8. The number of hydrogen-bond donors (Lipinski definition) is 6. The van der Waals surface area contributed by atoms with Crippen molar-refractivity contribution in [3.8, 4) is 0 Å². The molecule has 9 nitrogen and oxygen atoms in total. The van der Waals surface area contributed by atoms with Gasteiger partial charge in [0.2, 0.25) is 5.91 Å². The molecule has 6 N–H and O–H groups in total. The van der Waals surface area contributed by atoms with E-state index in [1.54, 1.807) is 0 Å². The summed E-state index contributed by atoms with van der Waals surface area (Å²) in [7, 11) is 0. The maximum Gasteiger partial charge on any atom is 0.220 e. The number of nitrogens with one attached hydrogen (secondary N) is 1. The van der Waals surface area contributed by atoms with Crippen molar-refractivity contribution in [1.29, 1.82) is 0 Å². The number of aliphatic hydroxyl groups is 5. The summed E-state index contributed by atoms with van der Waals surface area (Å²) >= 11 is 0. The average molecular weight is 1290 g/mol. The molecular formula is C83H153NO8. The van der Waals surface area contributed by atoms with Crippen LogP contribution in [0.25, 0.3) is 0 Å². The van der Waals surface area contributed by atoms with Gasteiger partial charge in [0.1, 0.15) is 24.4 Å². The molecule has 1 aliphatic heterocycles. The van der Waals surface area contributed by atoms with E-state index < -0.39 is 49.5 Å². The molecule has 0 aromatic heterocycles. The Morgan fingerprint density at radius 2 is 0.674 bits per heavy atom. The van der Waals surface area contributed by atoms with E-state index >= 15 is 0 Å². The van der Waals surface area contributed by atoms with Gasteiger partial charge in [-0.05, 0) is 64.2 Å². The smallest absolute Gasteiger partial charge is 0.220 e. The second kappa shape index (κ2) is 71.4. The average Bonchev–Trinajstić information content (AvgIpc) is 1.00. The minimum absolute atomic E-state index is 0.135. The van der Waals surface area contributed by atoms with Gasteiger partial charge in [0.25, 0.3) is 0 Å². The second-order valence-corrected chi connectivity index (χ2v) is 27.8. The van der Waals surface area contributed by atoms with Crippen LogP contribution in [0, 0.1) is 0 Å². The Hall–Kier alpha value is -2.37. The molecule has 0 radical (unpaired) electrons. The van der Waals surface area contributed by atoms with Gasteiger partial charge in [-0.3, -0.25) is 4.79 Å². The molecule has 0 spiro atoms. The van der Waals surface area contributed by atoms with Crippen LogP contribution >= 0.6 is 0 Å². The first-order valence-electron chi connectivity index (χ1n) is 40.1. The standard InChI is InChI=1S/C83H153NO8/c1-3-5-7-9-11-13-15-17-19-21-23-25-27-29-31-33-34-35-36-37-38-39-40-41-42-43-44-45-47-49-51-53-55-57-59-61-63-65-67-69-71-73-79(87)84-76(75-91-83-82(90)81(89)80(88)78(74-85)92-83)77(86)72-70-68-66-64-62-60-58-56-54-52-50-48-46-32-30-28-26-24-22-20-18-16-14-12-10-8-6-4-2/h5,7,11,13,17,19,23,25,29,31,34-35,76-78,80-83,85-86,88-90H,3-4,6,8-10,12,14-16,18,20-22,24,26-28,30,32-33,36-75H2,1-2H3,(H,84,87)/b7-5-,13-11-,19-17-,25-23-,31-29-,35-34-. The molecule has 538 valence electrons. The fourth-order valence-corrected chi connectivity index (χ4v) is 12.9. The zero-order chi connectivity index (χ0) is 66.4. The molecular weight excluding hydrogens is 1140 g/mol. The van der Waals surface area contributed by atoms with Crippen LogP contribution in [-0.4, -0.2) is 87.5 Å². The fraction of sp³-hybridized carbons (Fsp3) is 0.843. The van der Waals surface area contributed by atoms with Crippen molar-refractivity contribution < 1.29 is 39.8 Å². The van der Waals surface area contributed by atoms with E-state index in [0.29, 0.717) is 12.8 Å². The van der Waals surface area contributed by atoms with E-state index in [0.717, 1.165) is 77.0 Å². The third-order valence-electron chi connectivity index (χ3n) is 19.1. The lowest BCUT2D eigenvalue weighted by atomic mass is 9.99. The summed E-state index contributed by atoms with van der Waals surface area (Å²) in [4.78, 5) is 13.2. The zero-order valence-electron chi connectivity index (χ0n) is 60.6. The lowest BCUT2D eigenvalue weighted by molar-refractivity contribution is -0.302. The molecule has 0 aromatic rings. The zero-order valence-corrected chi connectivity index (χ0v) is 60.6. The predicted molar refractivity (Wildman–Crippen MR) is 396 cm³/mol. The summed E-state index contributed by atoms with van der Waals surface area (Å²) in [6.45, 7) is 3.78. The number of rotatable bonds is 71. The molecule has 7 unspecified atom stereocenters. The third kappa shape index (κ3) is 58.9. The summed E-state index contributed by atoms with van der Waals surface area (Å²) in [5.41, 5.74) is 0. The molecule has 9 heteroatoms. The Morgan fingerprint density at radius 3 is 1.00 bits per heavy atom. The Bertz CT molecular complexity index is 1690. The highest BCUT2D eigenvalue weighted by atomic mass is 16.7. The number of unbranched alkanes of at least 4 members (excludes halogenated alkanes) is 49. The van der Waals surface area contributed by atoms with Crippen LogP contribution in [-0.2, 0) is 14.3 Å². The first kappa shape index (κ1) is 87.6. The second-order valence-electron chi connectivity index (χ2n) is 27.8. The number of ether oxygens (including phenoxy) is 2. The van der Waals surface area contributed by atoms with E-state index in [1.807, 2.05) is 0 Å². The van der Waals surface area contributed by atoms with E-state index in [2.05, 4.69) is 92.1 Å². The molecule has 1 heterocycles. The van der Waals surface area contributed by atoms with Crippen LogP contribution in [0.15, 0.2) is 72.9 Å². The van der Waals surface area contributed by atoms with Crippen molar-refractivity contribution in [2.75, 3.05) is 13.2 Å². The molecule has 1 rings (SSSR count). The van der Waals surface area contributed by atoms with Crippen LogP contribution in [0.1, 0.15) is 393 Å². The normalized spacial score (nSPS) is 18.0. The molecule has 1 saturated heterocycles. The lowest BCUT2D eigenvalue weighted by Gasteiger charge is -2.40. The predicted octanol–water partition coefficient (Wildman–Crippen LogP) is 23.0. The van der Waals surface area contributed by atoms with Crippen molar-refractivity contribution >= 4 is 5.91 Å². The van der Waals surface area contributed by atoms with Gasteiger partial charge in [0.15, 0.2) is 6.29 Å². The molecule has 1 fully saturated rings. The van der Waals surface area contributed by atoms with Crippen LogP contribution in [0.4, 0.5) is 0 Å². The Labute approximate surface area is 569 Å². The van der Waals surface area contributed by atoms with Crippen LogP contribution in [0.3, 0.4) is 0 Å². The number of carbonyl (C=O) groups excluding carboxylic acids is 1. The van der Waals surface area contributed by atoms with E-state index in [-0.39, 0.29) is 12.5 Å². The van der Waals surface area contributed by atoms with Gasteiger partial charge in [0, 0.05) is 6.42 Å². The van der Waals surface area contributed by atoms with Gasteiger partial charge < -0.3 is 40.3 Å². The molecule has 0 bridgehead atoms. The van der Waals surface area contributed by atoms with Gasteiger partial charge in [-0.15, -0.1) is 0 Å². The topological polar surface area (TPSA) is 149 Å². The minimum atomic E-state index is -1.56. The minimum Gasteiger partial charge on any atom is -0.394 e. The summed E-state index contributed by atoms with van der Waals surface area (Å²) in [5, 5.41) is 55.1. The Morgan fingerprint density at radius 1 is 0.380 bits per heavy atom. The maximum absolute atomic E-state index is 13.2. The van der Waals surface area contributed by atoms with Crippen molar-refractivity contribution in [1.82, 2.24) is 5.32 Å². The van der Waals surface area contributed by atoms with Crippen LogP contribution in [0.2, 0.25) is 0 Å². The third-order valence-corrected chi connectivity index (χ3v) is 19.1. The molecule has 1 amide bonds. The van der Waals surface area contributed by atoms with Gasteiger partial charge in [-0.1, -0.05) is 395 Å². The number of aliphatic hydroxyl groups excluding tert-OH is 5. The molecule has 1 aliphatic rings. The molecule has 0 saturated carbocycles. The van der Waals surface area contributed by atoms with E-state index in [9.17, 15) is 30.3 Å². The lowest BCUT2D eigenvalue weighted by Crippen LogP contribution is -2.60. The summed E-state index contributed by atoms with van der Waals surface area (Å²) < 4.78 is 11.4. The molecule has 0 aromatic carbocycles. The Balaban J connectivity index is 2.04. The van der Waals surface area contributed by atoms with Gasteiger partial charge in [-0.2, -0.15) is 0 Å². The van der Waals surface area contributed by atoms with Crippen molar-refractivity contribution in [2.45, 2.75) is 436 Å². The molecule has 7 atom stereocenters. The SMILES string of the molecule is CC/C=C\C/C=C\C/C=C\C/C=C\C/C=C\C/C=C\CCCCCCCCCCCCCCCCCCCCCCCCC(=O)NC(COC1OC(CO)C(O)C(O)C1O)C(O)CCCCCCCCCCCCCCCCCCCCCCCCCCCCCC. The number of allylic oxidation sites excluding steroid dienone is 12. The van der Waals surface area contributed by atoms with E-state index in [1.165, 1.54) is 289 Å². The summed E-state index contributed by atoms with van der Waals surface area (Å²) in [6, 6.07) is -0.721. The van der Waals surface area contributed by atoms with Crippen molar-refractivity contribution in [3.63, 3.8) is 0 Å². The first-order valence-corrected chi connectivity index (χ1v) is 40.1. The monoisotopic (exact) mass is 1290 g/mol. The van der Waals surface area contributed by atoms with Gasteiger partial charge >= 0.3 is 0 Å². The van der Waals surface area contributed by atoms with Crippen LogP contribution in [0.5, 0.6) is 0 Å². The Kier molecular flexibility index (Phi) is 68.0. The van der Waals surface area contributed by atoms with Gasteiger partial charge in [0.05, 0.1) is 25.4 Å².